The molecule has 1 fully saturated rings. The van der Waals surface area contributed by atoms with Crippen LogP contribution in [0, 0.1) is 0 Å². The van der Waals surface area contributed by atoms with Crippen LogP contribution < -0.4 is 14.5 Å². The van der Waals surface area contributed by atoms with E-state index in [4.69, 9.17) is 14.3 Å². The molecule has 0 spiro atoms. The van der Waals surface area contributed by atoms with E-state index in [9.17, 15) is 9.59 Å². The quantitative estimate of drug-likeness (QED) is 0.795. The second kappa shape index (κ2) is 7.52. The number of nitrogens with zero attached hydrogens (tertiary/aromatic N) is 2. The summed E-state index contributed by atoms with van der Waals surface area (Å²) in [6.45, 7) is 0.889. The summed E-state index contributed by atoms with van der Waals surface area (Å²) in [7, 11) is 2.95. The molecule has 0 aromatic heterocycles. The fourth-order valence-electron chi connectivity index (χ4n) is 3.76. The lowest BCUT2D eigenvalue weighted by molar-refractivity contribution is -0.128. The van der Waals surface area contributed by atoms with E-state index in [2.05, 4.69) is 0 Å². The third-order valence-electron chi connectivity index (χ3n) is 5.15. The van der Waals surface area contributed by atoms with Crippen molar-refractivity contribution in [3.05, 3.63) is 53.6 Å². The highest BCUT2D eigenvalue weighted by atomic mass is 16.7. The van der Waals surface area contributed by atoms with E-state index < -0.39 is 6.04 Å². The summed E-state index contributed by atoms with van der Waals surface area (Å²) < 4.78 is 11.4. The van der Waals surface area contributed by atoms with Crippen LogP contribution in [0.15, 0.2) is 42.5 Å². The van der Waals surface area contributed by atoms with Crippen LogP contribution in [0.3, 0.4) is 0 Å². The van der Waals surface area contributed by atoms with Crippen LogP contribution in [-0.4, -0.2) is 43.5 Å². The molecule has 28 heavy (non-hydrogen) atoms. The first kappa shape index (κ1) is 18.3. The van der Waals surface area contributed by atoms with Crippen molar-refractivity contribution in [2.45, 2.75) is 25.5 Å². The van der Waals surface area contributed by atoms with Crippen molar-refractivity contribution >= 4 is 17.5 Å². The lowest BCUT2D eigenvalue weighted by atomic mass is 10.1. The van der Waals surface area contributed by atoms with Crippen molar-refractivity contribution in [3.8, 4) is 11.5 Å². The van der Waals surface area contributed by atoms with E-state index in [1.165, 1.54) is 19.3 Å². The Morgan fingerprint density at radius 2 is 1.86 bits per heavy atom. The number of hydrogen-bond acceptors (Lipinski definition) is 5. The monoisotopic (exact) mass is 382 g/mol. The predicted molar refractivity (Wildman–Crippen MR) is 102 cm³/mol. The average molecular weight is 382 g/mol. The number of hydroxylamine groups is 1. The molecule has 0 N–H and O–H groups in total. The predicted octanol–water partition coefficient (Wildman–Crippen LogP) is 2.79. The van der Waals surface area contributed by atoms with Crippen LogP contribution in [0.2, 0.25) is 0 Å². The van der Waals surface area contributed by atoms with Gasteiger partial charge in [0.25, 0.3) is 11.8 Å². The topological polar surface area (TPSA) is 68.3 Å². The van der Waals surface area contributed by atoms with Crippen LogP contribution in [0.5, 0.6) is 11.5 Å². The Morgan fingerprint density at radius 1 is 1.07 bits per heavy atom. The standard InChI is InChI=1S/C21H22N2O5/c1-26-18-11-15-17(12-19(18)28-13-14-7-4-3-5-8-14)23(27-2)21(25)16-9-6-10-22(16)20(15)24/h3-5,7-8,11-12,16H,6,9-10,13H2,1-2H3/t16-/m0/s1. The van der Waals surface area contributed by atoms with Gasteiger partial charge in [-0.05, 0) is 24.5 Å². The lowest BCUT2D eigenvalue weighted by Crippen LogP contribution is -2.44. The Kier molecular flexibility index (Phi) is 4.92. The van der Waals surface area contributed by atoms with Gasteiger partial charge in [0.05, 0.1) is 25.5 Å². The number of carbonyl (C=O) groups is 2. The van der Waals surface area contributed by atoms with E-state index in [-0.39, 0.29) is 11.8 Å². The van der Waals surface area contributed by atoms with E-state index in [1.807, 2.05) is 30.3 Å². The molecule has 2 aliphatic rings. The molecule has 7 heteroatoms. The maximum absolute atomic E-state index is 13.1. The van der Waals surface area contributed by atoms with Crippen molar-refractivity contribution in [2.75, 3.05) is 25.8 Å². The molecule has 2 aliphatic heterocycles. The van der Waals surface area contributed by atoms with E-state index >= 15 is 0 Å². The van der Waals surface area contributed by atoms with Gasteiger partial charge in [-0.2, -0.15) is 5.06 Å². The second-order valence-corrected chi connectivity index (χ2v) is 6.77. The zero-order chi connectivity index (χ0) is 19.7. The van der Waals surface area contributed by atoms with Gasteiger partial charge in [0, 0.05) is 12.6 Å². The highest BCUT2D eigenvalue weighted by Gasteiger charge is 2.43. The van der Waals surface area contributed by atoms with Crippen LogP contribution in [0.4, 0.5) is 5.69 Å². The van der Waals surface area contributed by atoms with Gasteiger partial charge in [0.2, 0.25) is 0 Å². The van der Waals surface area contributed by atoms with Crippen LogP contribution in [0.25, 0.3) is 0 Å². The minimum Gasteiger partial charge on any atom is -0.493 e. The van der Waals surface area contributed by atoms with E-state index in [1.54, 1.807) is 17.0 Å². The van der Waals surface area contributed by atoms with Crippen LogP contribution in [-0.2, 0) is 16.2 Å². The Hall–Kier alpha value is -3.06. The molecule has 2 aromatic carbocycles. The first-order valence-corrected chi connectivity index (χ1v) is 9.22. The fraction of sp³-hybridized carbons (Fsp3) is 0.333. The van der Waals surface area contributed by atoms with Crippen LogP contribution in [0.1, 0.15) is 28.8 Å². The van der Waals surface area contributed by atoms with Gasteiger partial charge in [-0.15, -0.1) is 0 Å². The molecule has 0 saturated carbocycles. The Balaban J connectivity index is 1.74. The normalized spacial score (nSPS) is 18.6. The molecule has 2 amide bonds. The summed E-state index contributed by atoms with van der Waals surface area (Å²) in [4.78, 5) is 33.0. The summed E-state index contributed by atoms with van der Waals surface area (Å²) >= 11 is 0. The van der Waals surface area contributed by atoms with Gasteiger partial charge in [0.15, 0.2) is 11.5 Å². The Morgan fingerprint density at radius 3 is 2.57 bits per heavy atom. The van der Waals surface area contributed by atoms with Gasteiger partial charge < -0.3 is 14.4 Å². The third-order valence-corrected chi connectivity index (χ3v) is 5.15. The average Bonchev–Trinajstić information content (AvgIpc) is 3.20. The molecule has 0 bridgehead atoms. The number of amides is 2. The number of benzene rings is 2. The summed E-state index contributed by atoms with van der Waals surface area (Å²) in [5.74, 6) is 0.434. The largest absolute Gasteiger partial charge is 0.493 e. The highest BCUT2D eigenvalue weighted by molar-refractivity contribution is 6.10. The van der Waals surface area contributed by atoms with Crippen LogP contribution >= 0.6 is 0 Å². The van der Waals surface area contributed by atoms with Crippen molar-refractivity contribution in [3.63, 3.8) is 0 Å². The highest BCUT2D eigenvalue weighted by Crippen LogP contribution is 2.40. The molecule has 0 radical (unpaired) electrons. The minimum absolute atomic E-state index is 0.196. The first-order chi connectivity index (χ1) is 13.6. The molecule has 7 nitrogen and oxygen atoms in total. The summed E-state index contributed by atoms with van der Waals surface area (Å²) in [5, 5.41) is 1.19. The summed E-state index contributed by atoms with van der Waals surface area (Å²) in [6.07, 6.45) is 1.43. The summed E-state index contributed by atoms with van der Waals surface area (Å²) in [6, 6.07) is 12.5. The maximum atomic E-state index is 13.1. The van der Waals surface area contributed by atoms with E-state index in [0.717, 1.165) is 12.0 Å². The van der Waals surface area contributed by atoms with E-state index in [0.29, 0.717) is 42.3 Å². The Labute approximate surface area is 163 Å². The molecule has 2 heterocycles. The van der Waals surface area contributed by atoms with Gasteiger partial charge in [0.1, 0.15) is 12.6 Å². The number of anilines is 1. The molecular formula is C21H22N2O5. The maximum Gasteiger partial charge on any atom is 0.273 e. The van der Waals surface area contributed by atoms with Gasteiger partial charge in [-0.3, -0.25) is 14.4 Å². The zero-order valence-electron chi connectivity index (χ0n) is 15.9. The van der Waals surface area contributed by atoms with Gasteiger partial charge in [-0.1, -0.05) is 30.3 Å². The van der Waals surface area contributed by atoms with Crippen molar-refractivity contribution in [2.24, 2.45) is 0 Å². The fourth-order valence-corrected chi connectivity index (χ4v) is 3.76. The second-order valence-electron chi connectivity index (χ2n) is 6.77. The number of methoxy groups -OCH3 is 1. The molecule has 1 atom stereocenters. The molecule has 0 unspecified atom stereocenters. The van der Waals surface area contributed by atoms with Crippen molar-refractivity contribution < 1.29 is 23.9 Å². The lowest BCUT2D eigenvalue weighted by Gasteiger charge is -2.23. The van der Waals surface area contributed by atoms with Crippen molar-refractivity contribution in [1.82, 2.24) is 4.90 Å². The van der Waals surface area contributed by atoms with Gasteiger partial charge in [-0.25, -0.2) is 0 Å². The first-order valence-electron chi connectivity index (χ1n) is 9.22. The zero-order valence-corrected chi connectivity index (χ0v) is 15.9. The molecule has 2 aromatic rings. The number of fused-ring (bicyclic) bond motifs is 2. The smallest absolute Gasteiger partial charge is 0.273 e. The number of carbonyl (C=O) groups excluding carboxylic acids is 2. The molecule has 1 saturated heterocycles. The molecule has 4 rings (SSSR count). The number of ether oxygens (including phenoxy) is 2. The number of rotatable bonds is 5. The molecule has 146 valence electrons. The minimum atomic E-state index is -0.500. The van der Waals surface area contributed by atoms with Crippen molar-refractivity contribution in [1.29, 1.82) is 0 Å². The molecular weight excluding hydrogens is 360 g/mol. The Bertz CT molecular complexity index is 899. The number of hydrogen-bond donors (Lipinski definition) is 0. The SMILES string of the molecule is COc1cc2c(cc1OCc1ccccc1)N(OC)C(=O)[C@@H]1CCCN1C2=O. The summed E-state index contributed by atoms with van der Waals surface area (Å²) in [5.41, 5.74) is 1.73. The van der Waals surface area contributed by atoms with Gasteiger partial charge >= 0.3 is 0 Å². The third kappa shape index (κ3) is 3.07. The molecule has 0 aliphatic carbocycles.